The molecule has 2 atom stereocenters. The van der Waals surface area contributed by atoms with E-state index in [1.807, 2.05) is 42.5 Å². The van der Waals surface area contributed by atoms with Gasteiger partial charge >= 0.3 is 5.97 Å². The summed E-state index contributed by atoms with van der Waals surface area (Å²) in [6.45, 7) is 2.30. The van der Waals surface area contributed by atoms with E-state index in [0.29, 0.717) is 13.2 Å². The molecule has 0 N–H and O–H groups in total. The van der Waals surface area contributed by atoms with Crippen LogP contribution in [0.25, 0.3) is 0 Å². The van der Waals surface area contributed by atoms with Gasteiger partial charge in [0, 0.05) is 18.4 Å². The molecule has 3 heteroatoms. The van der Waals surface area contributed by atoms with Crippen molar-refractivity contribution >= 4 is 5.97 Å². The summed E-state index contributed by atoms with van der Waals surface area (Å²) in [6.07, 6.45) is 3.72. The summed E-state index contributed by atoms with van der Waals surface area (Å²) in [5.74, 6) is 5.98. The maximum absolute atomic E-state index is 10.7. The Morgan fingerprint density at radius 1 is 1.37 bits per heavy atom. The first-order valence-electron chi connectivity index (χ1n) is 6.24. The van der Waals surface area contributed by atoms with Crippen molar-refractivity contribution in [3.05, 3.63) is 48.0 Å². The topological polar surface area (TPSA) is 35.5 Å². The lowest BCUT2D eigenvalue weighted by Gasteiger charge is -2.20. The molecule has 98 valence electrons. The second-order valence-electron chi connectivity index (χ2n) is 4.34. The van der Waals surface area contributed by atoms with Gasteiger partial charge in [-0.1, -0.05) is 36.1 Å². The number of carbonyl (C=O) groups is 1. The zero-order valence-electron chi connectivity index (χ0n) is 10.8. The largest absolute Gasteiger partial charge is 0.465 e. The van der Waals surface area contributed by atoms with Gasteiger partial charge in [-0.3, -0.25) is 4.79 Å². The Balaban J connectivity index is 1.87. The fraction of sp³-hybridized carbons (Fsp3) is 0.312. The summed E-state index contributed by atoms with van der Waals surface area (Å²) in [6, 6.07) is 9.79. The average molecular weight is 256 g/mol. The summed E-state index contributed by atoms with van der Waals surface area (Å²) in [5, 5.41) is 0. The smallest absolute Gasteiger partial charge is 0.302 e. The van der Waals surface area contributed by atoms with Crippen molar-refractivity contribution in [2.24, 2.45) is 5.92 Å². The van der Waals surface area contributed by atoms with Crippen LogP contribution in [-0.2, 0) is 14.3 Å². The quantitative estimate of drug-likeness (QED) is 0.462. The second kappa shape index (κ2) is 6.77. The lowest BCUT2D eigenvalue weighted by Crippen LogP contribution is -2.23. The Labute approximate surface area is 113 Å². The molecule has 0 unspecified atom stereocenters. The third-order valence-electron chi connectivity index (χ3n) is 2.68. The minimum atomic E-state index is -0.264. The number of rotatable bonds is 2. The van der Waals surface area contributed by atoms with Gasteiger partial charge < -0.3 is 9.47 Å². The standard InChI is InChI=1S/C16H16O3/c1-13(17)18-11-15-8-10-16(19-12-15)9-7-14-5-3-2-4-6-14/h2-6,8,10,15-16H,11-12H2,1H3/t15-,16+/m1/s1. The van der Waals surface area contributed by atoms with Gasteiger partial charge in [0.15, 0.2) is 0 Å². The molecule has 3 nitrogen and oxygen atoms in total. The van der Waals surface area contributed by atoms with Crippen LogP contribution in [-0.4, -0.2) is 25.3 Å². The lowest BCUT2D eigenvalue weighted by molar-refractivity contribution is -0.142. The molecule has 1 aliphatic rings. The lowest BCUT2D eigenvalue weighted by atomic mass is 10.1. The van der Waals surface area contributed by atoms with Crippen molar-refractivity contribution in [1.82, 2.24) is 0 Å². The fourth-order valence-corrected chi connectivity index (χ4v) is 1.69. The molecule has 1 aliphatic heterocycles. The number of benzene rings is 1. The molecule has 0 radical (unpaired) electrons. The molecule has 0 aliphatic carbocycles. The van der Waals surface area contributed by atoms with Crippen LogP contribution in [0, 0.1) is 17.8 Å². The monoisotopic (exact) mass is 256 g/mol. The number of carbonyl (C=O) groups excluding carboxylic acids is 1. The Kier molecular flexibility index (Phi) is 4.77. The highest BCUT2D eigenvalue weighted by Gasteiger charge is 2.15. The first-order chi connectivity index (χ1) is 9.24. The number of esters is 1. The van der Waals surface area contributed by atoms with Crippen molar-refractivity contribution in [2.75, 3.05) is 13.2 Å². The van der Waals surface area contributed by atoms with Crippen LogP contribution in [0.4, 0.5) is 0 Å². The van der Waals surface area contributed by atoms with E-state index in [0.717, 1.165) is 5.56 Å². The van der Waals surface area contributed by atoms with E-state index in [1.165, 1.54) is 6.92 Å². The molecular weight excluding hydrogens is 240 g/mol. The predicted octanol–water partition coefficient (Wildman–Crippen LogP) is 2.17. The molecule has 1 aromatic rings. The zero-order valence-corrected chi connectivity index (χ0v) is 10.8. The van der Waals surface area contributed by atoms with E-state index >= 15 is 0 Å². The maximum Gasteiger partial charge on any atom is 0.302 e. The van der Waals surface area contributed by atoms with Gasteiger partial charge in [-0.15, -0.1) is 0 Å². The van der Waals surface area contributed by atoms with Crippen molar-refractivity contribution in [2.45, 2.75) is 13.0 Å². The molecule has 1 aromatic carbocycles. The van der Waals surface area contributed by atoms with E-state index in [-0.39, 0.29) is 18.0 Å². The van der Waals surface area contributed by atoms with Crippen molar-refractivity contribution in [3.8, 4) is 11.8 Å². The highest BCUT2D eigenvalue weighted by molar-refractivity contribution is 5.65. The Hall–Kier alpha value is -2.05. The molecule has 0 bridgehead atoms. The van der Waals surface area contributed by atoms with E-state index < -0.39 is 0 Å². The Bertz CT molecular complexity index is 508. The minimum Gasteiger partial charge on any atom is -0.465 e. The molecule has 0 aromatic heterocycles. The van der Waals surface area contributed by atoms with Gasteiger partial charge in [0.05, 0.1) is 13.2 Å². The first-order valence-corrected chi connectivity index (χ1v) is 6.24. The molecule has 0 fully saturated rings. The van der Waals surface area contributed by atoms with Crippen LogP contribution >= 0.6 is 0 Å². The zero-order chi connectivity index (χ0) is 13.5. The Morgan fingerprint density at radius 3 is 2.79 bits per heavy atom. The van der Waals surface area contributed by atoms with Crippen molar-refractivity contribution in [3.63, 3.8) is 0 Å². The molecule has 2 rings (SSSR count). The van der Waals surface area contributed by atoms with E-state index in [1.54, 1.807) is 0 Å². The Morgan fingerprint density at radius 2 is 2.16 bits per heavy atom. The van der Waals surface area contributed by atoms with Gasteiger partial charge in [0.1, 0.15) is 6.10 Å². The number of hydrogen-bond acceptors (Lipinski definition) is 3. The maximum atomic E-state index is 10.7. The van der Waals surface area contributed by atoms with Crippen LogP contribution < -0.4 is 0 Å². The second-order valence-corrected chi connectivity index (χ2v) is 4.34. The summed E-state index contributed by atoms with van der Waals surface area (Å²) < 4.78 is 10.5. The highest BCUT2D eigenvalue weighted by Crippen LogP contribution is 2.11. The molecule has 0 saturated heterocycles. The minimum absolute atomic E-state index is 0.124. The van der Waals surface area contributed by atoms with Crippen molar-refractivity contribution in [1.29, 1.82) is 0 Å². The SMILES string of the molecule is CC(=O)OC[C@H]1C=C[C@H](C#Cc2ccccc2)OC1. The summed E-state index contributed by atoms with van der Waals surface area (Å²) in [5.41, 5.74) is 0.974. The average Bonchev–Trinajstić information content (AvgIpc) is 2.45. The molecule has 0 amide bonds. The van der Waals surface area contributed by atoms with Crippen LogP contribution in [0.1, 0.15) is 12.5 Å². The van der Waals surface area contributed by atoms with Crippen LogP contribution in [0.3, 0.4) is 0 Å². The first kappa shape index (κ1) is 13.4. The van der Waals surface area contributed by atoms with Gasteiger partial charge in [-0.05, 0) is 18.2 Å². The molecular formula is C16H16O3. The summed E-state index contributed by atoms with van der Waals surface area (Å²) in [4.78, 5) is 10.7. The summed E-state index contributed by atoms with van der Waals surface area (Å²) in [7, 11) is 0. The van der Waals surface area contributed by atoms with E-state index in [4.69, 9.17) is 9.47 Å². The van der Waals surface area contributed by atoms with Crippen LogP contribution in [0.2, 0.25) is 0 Å². The molecule has 19 heavy (non-hydrogen) atoms. The highest BCUT2D eigenvalue weighted by atomic mass is 16.5. The molecule has 1 heterocycles. The summed E-state index contributed by atoms with van der Waals surface area (Å²) >= 11 is 0. The third-order valence-corrected chi connectivity index (χ3v) is 2.68. The fourth-order valence-electron chi connectivity index (χ4n) is 1.69. The van der Waals surface area contributed by atoms with Gasteiger partial charge in [-0.25, -0.2) is 0 Å². The molecule has 0 spiro atoms. The molecule has 0 saturated carbocycles. The van der Waals surface area contributed by atoms with Gasteiger partial charge in [-0.2, -0.15) is 0 Å². The third kappa shape index (κ3) is 4.61. The van der Waals surface area contributed by atoms with Crippen molar-refractivity contribution < 1.29 is 14.3 Å². The normalized spacial score (nSPS) is 21.3. The van der Waals surface area contributed by atoms with Crippen LogP contribution in [0.15, 0.2) is 42.5 Å². The van der Waals surface area contributed by atoms with Gasteiger partial charge in [0.25, 0.3) is 0 Å². The number of hydrogen-bond donors (Lipinski definition) is 0. The van der Waals surface area contributed by atoms with Gasteiger partial charge in [0.2, 0.25) is 0 Å². The van der Waals surface area contributed by atoms with E-state index in [9.17, 15) is 4.79 Å². The van der Waals surface area contributed by atoms with E-state index in [2.05, 4.69) is 11.8 Å². The number of ether oxygens (including phenoxy) is 2. The van der Waals surface area contributed by atoms with Crippen LogP contribution in [0.5, 0.6) is 0 Å². The predicted molar refractivity (Wildman–Crippen MR) is 72.3 cm³/mol.